The van der Waals surface area contributed by atoms with Gasteiger partial charge in [0.05, 0.1) is 6.61 Å². The van der Waals surface area contributed by atoms with Gasteiger partial charge in [-0.25, -0.2) is 5.11 Å². The van der Waals surface area contributed by atoms with Gasteiger partial charge in [0, 0.05) is 7.14 Å². The Hall–Kier alpha value is 0.640. The molecule has 65 valence electrons. The van der Waals surface area contributed by atoms with E-state index in [0.717, 1.165) is 12.8 Å². The molecule has 0 atom stereocenters. The molecule has 1 nitrogen and oxygen atoms in total. The second kappa shape index (κ2) is 5.39. The van der Waals surface area contributed by atoms with Crippen molar-refractivity contribution >= 4 is 45.2 Å². The molecule has 0 aliphatic carbocycles. The number of hydrogen-bond acceptors (Lipinski definition) is 0. The standard InChI is InChI=1S/C9H9I2O/c10-8-4-3-7(2-1-5-12)9(11)6-8/h3-4,6H,1-2,5H2. The van der Waals surface area contributed by atoms with Gasteiger partial charge in [-0.05, 0) is 75.7 Å². The van der Waals surface area contributed by atoms with Crippen LogP contribution in [0.25, 0.3) is 0 Å². The first-order valence-corrected chi connectivity index (χ1v) is 5.92. The van der Waals surface area contributed by atoms with Crippen molar-refractivity contribution in [2.24, 2.45) is 0 Å². The van der Waals surface area contributed by atoms with Gasteiger partial charge in [0.2, 0.25) is 0 Å². The molecule has 3 heteroatoms. The van der Waals surface area contributed by atoms with Crippen molar-refractivity contribution in [1.29, 1.82) is 0 Å². The summed E-state index contributed by atoms with van der Waals surface area (Å²) in [5, 5.41) is 10.3. The Morgan fingerprint density at radius 1 is 1.25 bits per heavy atom. The second-order valence-electron chi connectivity index (χ2n) is 2.54. The Labute approximate surface area is 99.8 Å². The molecule has 12 heavy (non-hydrogen) atoms. The lowest BCUT2D eigenvalue weighted by Gasteiger charge is -2.02. The normalized spacial score (nSPS) is 10.2. The third-order valence-electron chi connectivity index (χ3n) is 1.61. The molecular weight excluding hydrogens is 378 g/mol. The van der Waals surface area contributed by atoms with Crippen LogP contribution in [0.4, 0.5) is 0 Å². The van der Waals surface area contributed by atoms with Crippen LogP contribution in [0.1, 0.15) is 12.0 Å². The number of hydrogen-bond donors (Lipinski definition) is 0. The van der Waals surface area contributed by atoms with E-state index in [9.17, 15) is 5.11 Å². The van der Waals surface area contributed by atoms with E-state index in [-0.39, 0.29) is 6.61 Å². The molecule has 0 bridgehead atoms. The van der Waals surface area contributed by atoms with Crippen molar-refractivity contribution < 1.29 is 5.11 Å². The van der Waals surface area contributed by atoms with Crippen LogP contribution in [0.5, 0.6) is 0 Å². The Morgan fingerprint density at radius 2 is 2.00 bits per heavy atom. The number of rotatable bonds is 3. The molecule has 1 rings (SSSR count). The summed E-state index contributed by atoms with van der Waals surface area (Å²) in [6.07, 6.45) is 1.66. The molecule has 0 saturated heterocycles. The summed E-state index contributed by atoms with van der Waals surface area (Å²) in [5.41, 5.74) is 1.30. The predicted molar refractivity (Wildman–Crippen MR) is 65.8 cm³/mol. The molecule has 0 amide bonds. The highest BCUT2D eigenvalue weighted by molar-refractivity contribution is 14.1. The highest BCUT2D eigenvalue weighted by atomic mass is 127. The Bertz CT molecular complexity index is 261. The summed E-state index contributed by atoms with van der Waals surface area (Å²) in [7, 11) is 0. The third kappa shape index (κ3) is 3.18. The fraction of sp³-hybridized carbons (Fsp3) is 0.333. The molecule has 0 aliphatic rings. The van der Waals surface area contributed by atoms with Crippen LogP contribution in [0.3, 0.4) is 0 Å². The molecule has 0 aromatic heterocycles. The zero-order valence-electron chi connectivity index (χ0n) is 6.52. The van der Waals surface area contributed by atoms with Crippen LogP contribution in [0.2, 0.25) is 0 Å². The Kier molecular flexibility index (Phi) is 4.81. The van der Waals surface area contributed by atoms with Crippen LogP contribution in [-0.2, 0) is 11.5 Å². The second-order valence-corrected chi connectivity index (χ2v) is 4.95. The zero-order chi connectivity index (χ0) is 8.97. The lowest BCUT2D eigenvalue weighted by molar-refractivity contribution is 0.189. The smallest absolute Gasteiger partial charge is 0.0825 e. The fourth-order valence-corrected chi connectivity index (χ4v) is 2.86. The first-order valence-electron chi connectivity index (χ1n) is 3.76. The van der Waals surface area contributed by atoms with E-state index in [0.29, 0.717) is 0 Å². The van der Waals surface area contributed by atoms with Gasteiger partial charge in [-0.1, -0.05) is 6.07 Å². The van der Waals surface area contributed by atoms with Crippen molar-refractivity contribution in [2.75, 3.05) is 6.61 Å². The van der Waals surface area contributed by atoms with Crippen LogP contribution < -0.4 is 0 Å². The average molecular weight is 387 g/mol. The fourth-order valence-electron chi connectivity index (χ4n) is 0.987. The summed E-state index contributed by atoms with van der Waals surface area (Å²) in [6, 6.07) is 6.34. The number of benzene rings is 1. The summed E-state index contributed by atoms with van der Waals surface area (Å²) >= 11 is 4.61. The molecule has 0 unspecified atom stereocenters. The quantitative estimate of drug-likeness (QED) is 0.710. The maximum absolute atomic E-state index is 10.3. The van der Waals surface area contributed by atoms with E-state index in [1.54, 1.807) is 0 Å². The summed E-state index contributed by atoms with van der Waals surface area (Å²) in [6.45, 7) is 0.0298. The van der Waals surface area contributed by atoms with Gasteiger partial charge in [-0.2, -0.15) is 0 Å². The molecule has 0 heterocycles. The van der Waals surface area contributed by atoms with Gasteiger partial charge in [0.1, 0.15) is 0 Å². The molecule has 0 spiro atoms. The minimum absolute atomic E-state index is 0.0298. The van der Waals surface area contributed by atoms with Crippen molar-refractivity contribution in [2.45, 2.75) is 12.8 Å². The summed E-state index contributed by atoms with van der Waals surface area (Å²) in [4.78, 5) is 0. The van der Waals surface area contributed by atoms with Gasteiger partial charge < -0.3 is 0 Å². The van der Waals surface area contributed by atoms with Crippen LogP contribution in [0, 0.1) is 7.14 Å². The molecule has 0 aliphatic heterocycles. The first kappa shape index (κ1) is 10.7. The monoisotopic (exact) mass is 387 g/mol. The van der Waals surface area contributed by atoms with Gasteiger partial charge in [-0.3, -0.25) is 0 Å². The topological polar surface area (TPSA) is 19.9 Å². The number of halogens is 2. The number of aryl methyl sites for hydroxylation is 1. The Balaban J connectivity index is 2.72. The highest BCUT2D eigenvalue weighted by Gasteiger charge is 1.99. The lowest BCUT2D eigenvalue weighted by Crippen LogP contribution is -1.92. The van der Waals surface area contributed by atoms with Crippen molar-refractivity contribution in [3.05, 3.63) is 30.9 Å². The summed E-state index contributed by atoms with van der Waals surface area (Å²) in [5.74, 6) is 0. The predicted octanol–water partition coefficient (Wildman–Crippen LogP) is 3.26. The van der Waals surface area contributed by atoms with Crippen molar-refractivity contribution in [3.63, 3.8) is 0 Å². The highest BCUT2D eigenvalue weighted by Crippen LogP contribution is 2.17. The minimum Gasteiger partial charge on any atom is -0.237 e. The molecule has 0 fully saturated rings. The Morgan fingerprint density at radius 3 is 2.58 bits per heavy atom. The van der Waals surface area contributed by atoms with E-state index in [4.69, 9.17) is 0 Å². The van der Waals surface area contributed by atoms with E-state index in [1.807, 2.05) is 0 Å². The van der Waals surface area contributed by atoms with Gasteiger partial charge in [0.15, 0.2) is 0 Å². The molecular formula is C9H9I2O. The van der Waals surface area contributed by atoms with Crippen LogP contribution in [0.15, 0.2) is 18.2 Å². The van der Waals surface area contributed by atoms with Gasteiger partial charge in [0.25, 0.3) is 0 Å². The van der Waals surface area contributed by atoms with Crippen LogP contribution in [-0.4, -0.2) is 6.61 Å². The lowest BCUT2D eigenvalue weighted by atomic mass is 10.1. The third-order valence-corrected chi connectivity index (χ3v) is 3.28. The van der Waals surface area contributed by atoms with E-state index in [2.05, 4.69) is 63.4 Å². The first-order chi connectivity index (χ1) is 5.74. The maximum Gasteiger partial charge on any atom is 0.0825 e. The van der Waals surface area contributed by atoms with E-state index in [1.165, 1.54) is 12.7 Å². The molecule has 0 saturated carbocycles. The molecule has 0 N–H and O–H groups in total. The SMILES string of the molecule is [O]CCCc1ccc(I)cc1I. The summed E-state index contributed by atoms with van der Waals surface area (Å²) < 4.78 is 2.52. The van der Waals surface area contributed by atoms with Crippen molar-refractivity contribution in [1.82, 2.24) is 0 Å². The largest absolute Gasteiger partial charge is 0.237 e. The molecule has 1 aromatic carbocycles. The maximum atomic E-state index is 10.3. The van der Waals surface area contributed by atoms with E-state index < -0.39 is 0 Å². The molecule has 1 aromatic rings. The minimum atomic E-state index is 0.0298. The van der Waals surface area contributed by atoms with Crippen LogP contribution >= 0.6 is 45.2 Å². The average Bonchev–Trinajstić information content (AvgIpc) is 2.03. The van der Waals surface area contributed by atoms with E-state index >= 15 is 0 Å². The van der Waals surface area contributed by atoms with Gasteiger partial charge >= 0.3 is 0 Å². The van der Waals surface area contributed by atoms with Crippen molar-refractivity contribution in [3.8, 4) is 0 Å². The zero-order valence-corrected chi connectivity index (χ0v) is 10.8. The molecule has 1 radical (unpaired) electrons. The van der Waals surface area contributed by atoms with Gasteiger partial charge in [-0.15, -0.1) is 0 Å².